The van der Waals surface area contributed by atoms with Gasteiger partial charge in [-0.05, 0) is 25.0 Å². The summed E-state index contributed by atoms with van der Waals surface area (Å²) in [5.74, 6) is 1.52. The Labute approximate surface area is 103 Å². The maximum Gasteiger partial charge on any atom is 0.219 e. The van der Waals surface area contributed by atoms with Gasteiger partial charge in [-0.2, -0.15) is 0 Å². The molecule has 1 fully saturated rings. The Kier molecular flexibility index (Phi) is 1.99. The quantitative estimate of drug-likeness (QED) is 0.837. The van der Waals surface area contributed by atoms with Crippen molar-refractivity contribution in [2.45, 2.75) is 35.7 Å². The minimum Gasteiger partial charge on any atom is -0.461 e. The molecule has 0 bridgehead atoms. The molecule has 0 spiro atoms. The standard InChI is InChI=1S/C11H12N4OS/c1-3-7-9(5-1)17-11-13-12-10(15(11)14-7)8-4-2-6-16-8/h2,4,6-7,9,14H,1,3,5H2. The summed E-state index contributed by atoms with van der Waals surface area (Å²) >= 11 is 1.83. The largest absolute Gasteiger partial charge is 0.461 e. The Bertz CT molecular complexity index is 536. The van der Waals surface area contributed by atoms with Crippen molar-refractivity contribution in [1.29, 1.82) is 0 Å². The third-order valence-corrected chi connectivity index (χ3v) is 4.72. The minimum absolute atomic E-state index is 0.539. The van der Waals surface area contributed by atoms with Crippen LogP contribution in [0, 0.1) is 0 Å². The normalized spacial score (nSPS) is 26.4. The van der Waals surface area contributed by atoms with Crippen LogP contribution in [0.25, 0.3) is 11.6 Å². The van der Waals surface area contributed by atoms with Crippen LogP contribution in [0.1, 0.15) is 19.3 Å². The molecule has 88 valence electrons. The smallest absolute Gasteiger partial charge is 0.219 e. The third kappa shape index (κ3) is 1.40. The molecule has 0 radical (unpaired) electrons. The van der Waals surface area contributed by atoms with E-state index in [9.17, 15) is 0 Å². The second-order valence-corrected chi connectivity index (χ2v) is 5.65. The molecular formula is C11H12N4OS. The van der Waals surface area contributed by atoms with E-state index in [2.05, 4.69) is 15.6 Å². The van der Waals surface area contributed by atoms with Crippen molar-refractivity contribution < 1.29 is 4.42 Å². The van der Waals surface area contributed by atoms with Crippen LogP contribution in [0.4, 0.5) is 0 Å². The van der Waals surface area contributed by atoms with Crippen LogP contribution in [-0.4, -0.2) is 26.2 Å². The van der Waals surface area contributed by atoms with E-state index in [1.165, 1.54) is 19.3 Å². The van der Waals surface area contributed by atoms with E-state index >= 15 is 0 Å². The summed E-state index contributed by atoms with van der Waals surface area (Å²) in [7, 11) is 0. The second-order valence-electron chi connectivity index (χ2n) is 4.44. The molecule has 1 aliphatic carbocycles. The molecule has 17 heavy (non-hydrogen) atoms. The first kappa shape index (κ1) is 9.58. The van der Waals surface area contributed by atoms with Crippen LogP contribution in [0.3, 0.4) is 0 Å². The summed E-state index contributed by atoms with van der Waals surface area (Å²) in [5, 5.41) is 10.0. The van der Waals surface area contributed by atoms with Gasteiger partial charge in [-0.25, -0.2) is 4.68 Å². The molecular weight excluding hydrogens is 236 g/mol. The van der Waals surface area contributed by atoms with Gasteiger partial charge in [0, 0.05) is 5.25 Å². The summed E-state index contributed by atoms with van der Waals surface area (Å²) in [6, 6.07) is 4.31. The van der Waals surface area contributed by atoms with Crippen molar-refractivity contribution in [2.75, 3.05) is 5.43 Å². The van der Waals surface area contributed by atoms with Gasteiger partial charge in [0.05, 0.1) is 12.3 Å². The fraction of sp³-hybridized carbons (Fsp3) is 0.455. The molecule has 1 N–H and O–H groups in total. The number of rotatable bonds is 1. The molecule has 1 saturated carbocycles. The predicted octanol–water partition coefficient (Wildman–Crippen LogP) is 2.11. The van der Waals surface area contributed by atoms with Gasteiger partial charge in [0.1, 0.15) is 0 Å². The molecule has 5 nitrogen and oxygen atoms in total. The van der Waals surface area contributed by atoms with Crippen molar-refractivity contribution in [2.24, 2.45) is 0 Å². The fourth-order valence-electron chi connectivity index (χ4n) is 2.54. The van der Waals surface area contributed by atoms with Gasteiger partial charge in [-0.1, -0.05) is 18.2 Å². The number of nitrogens with one attached hydrogen (secondary N) is 1. The van der Waals surface area contributed by atoms with Crippen molar-refractivity contribution in [3.05, 3.63) is 18.4 Å². The number of fused-ring (bicyclic) bond motifs is 2. The van der Waals surface area contributed by atoms with Gasteiger partial charge in [0.25, 0.3) is 0 Å². The minimum atomic E-state index is 0.539. The van der Waals surface area contributed by atoms with Crippen molar-refractivity contribution in [1.82, 2.24) is 14.9 Å². The number of furan rings is 1. The Morgan fingerprint density at radius 1 is 1.41 bits per heavy atom. The van der Waals surface area contributed by atoms with E-state index in [0.717, 1.165) is 16.7 Å². The first-order valence-electron chi connectivity index (χ1n) is 5.84. The van der Waals surface area contributed by atoms with Crippen LogP contribution >= 0.6 is 11.8 Å². The van der Waals surface area contributed by atoms with Gasteiger partial charge in [0.2, 0.25) is 11.0 Å². The summed E-state index contributed by atoms with van der Waals surface area (Å²) in [5.41, 5.74) is 3.51. The van der Waals surface area contributed by atoms with Crippen LogP contribution < -0.4 is 5.43 Å². The van der Waals surface area contributed by atoms with Gasteiger partial charge >= 0.3 is 0 Å². The highest BCUT2D eigenvalue weighted by molar-refractivity contribution is 7.99. The summed E-state index contributed by atoms with van der Waals surface area (Å²) in [4.78, 5) is 0. The van der Waals surface area contributed by atoms with Crippen LogP contribution in [0.15, 0.2) is 28.0 Å². The zero-order valence-corrected chi connectivity index (χ0v) is 9.98. The average molecular weight is 248 g/mol. The number of thioether (sulfide) groups is 1. The molecule has 2 aromatic rings. The first-order valence-corrected chi connectivity index (χ1v) is 6.72. The lowest BCUT2D eigenvalue weighted by Crippen LogP contribution is -2.37. The summed E-state index contributed by atoms with van der Waals surface area (Å²) in [6.07, 6.45) is 5.45. The van der Waals surface area contributed by atoms with E-state index in [1.54, 1.807) is 6.26 Å². The SMILES string of the molecule is c1coc(-c2nnc3n2NC2CCCC2S3)c1. The van der Waals surface area contributed by atoms with Crippen LogP contribution in [0.5, 0.6) is 0 Å². The molecule has 0 saturated heterocycles. The molecule has 2 atom stereocenters. The van der Waals surface area contributed by atoms with Crippen molar-refractivity contribution >= 4 is 11.8 Å². The lowest BCUT2D eigenvalue weighted by Gasteiger charge is -2.27. The molecule has 0 aromatic carbocycles. The number of hydrogen-bond acceptors (Lipinski definition) is 5. The van der Waals surface area contributed by atoms with Gasteiger partial charge < -0.3 is 9.84 Å². The maximum absolute atomic E-state index is 5.38. The second kappa shape index (κ2) is 3.53. The Morgan fingerprint density at radius 3 is 3.29 bits per heavy atom. The van der Waals surface area contributed by atoms with Crippen LogP contribution in [0.2, 0.25) is 0 Å². The summed E-state index contributed by atoms with van der Waals surface area (Å²) in [6.45, 7) is 0. The van der Waals surface area contributed by atoms with Crippen LogP contribution in [-0.2, 0) is 0 Å². The lowest BCUT2D eigenvalue weighted by atomic mass is 10.3. The highest BCUT2D eigenvalue weighted by Crippen LogP contribution is 2.39. The Balaban J connectivity index is 1.77. The van der Waals surface area contributed by atoms with Crippen molar-refractivity contribution in [3.63, 3.8) is 0 Å². The molecule has 6 heteroatoms. The third-order valence-electron chi connectivity index (χ3n) is 3.38. The number of hydrogen-bond donors (Lipinski definition) is 1. The number of aromatic nitrogens is 3. The molecule has 2 aromatic heterocycles. The molecule has 0 amide bonds. The Hall–Kier alpha value is -1.43. The molecule has 2 aliphatic rings. The van der Waals surface area contributed by atoms with E-state index in [1.807, 2.05) is 28.6 Å². The first-order chi connectivity index (χ1) is 8.42. The van der Waals surface area contributed by atoms with E-state index in [4.69, 9.17) is 4.42 Å². The van der Waals surface area contributed by atoms with E-state index in [-0.39, 0.29) is 0 Å². The predicted molar refractivity (Wildman–Crippen MR) is 64.4 cm³/mol. The van der Waals surface area contributed by atoms with E-state index in [0.29, 0.717) is 11.3 Å². The maximum atomic E-state index is 5.38. The highest BCUT2D eigenvalue weighted by Gasteiger charge is 2.35. The van der Waals surface area contributed by atoms with Gasteiger partial charge in [-0.15, -0.1) is 10.2 Å². The van der Waals surface area contributed by atoms with Gasteiger partial charge in [0.15, 0.2) is 5.76 Å². The fourth-order valence-corrected chi connectivity index (χ4v) is 3.79. The molecule has 2 unspecified atom stereocenters. The zero-order valence-electron chi connectivity index (χ0n) is 9.17. The number of nitrogens with zero attached hydrogens (tertiary/aromatic N) is 3. The van der Waals surface area contributed by atoms with Gasteiger partial charge in [-0.3, -0.25) is 0 Å². The zero-order chi connectivity index (χ0) is 11.2. The Morgan fingerprint density at radius 2 is 2.41 bits per heavy atom. The topological polar surface area (TPSA) is 55.9 Å². The summed E-state index contributed by atoms with van der Waals surface area (Å²) < 4.78 is 7.35. The molecule has 1 aliphatic heterocycles. The van der Waals surface area contributed by atoms with E-state index < -0.39 is 0 Å². The molecule has 4 rings (SSSR count). The molecule has 3 heterocycles. The highest BCUT2D eigenvalue weighted by atomic mass is 32.2. The van der Waals surface area contributed by atoms with Crippen molar-refractivity contribution in [3.8, 4) is 11.6 Å². The lowest BCUT2D eigenvalue weighted by molar-refractivity contribution is 0.562. The monoisotopic (exact) mass is 248 g/mol. The average Bonchev–Trinajstić information content (AvgIpc) is 3.05.